The van der Waals surface area contributed by atoms with Gasteiger partial charge in [0.25, 0.3) is 5.91 Å². The van der Waals surface area contributed by atoms with E-state index in [9.17, 15) is 22.4 Å². The summed E-state index contributed by atoms with van der Waals surface area (Å²) >= 11 is 0. The van der Waals surface area contributed by atoms with Crippen molar-refractivity contribution in [3.63, 3.8) is 0 Å². The van der Waals surface area contributed by atoms with Crippen LogP contribution in [0.25, 0.3) is 0 Å². The van der Waals surface area contributed by atoms with E-state index in [2.05, 4.69) is 5.16 Å². The molecule has 1 amide bonds. The van der Waals surface area contributed by atoms with Crippen molar-refractivity contribution in [3.8, 4) is 0 Å². The third-order valence-electron chi connectivity index (χ3n) is 5.42. The van der Waals surface area contributed by atoms with Gasteiger partial charge in [-0.25, -0.2) is 4.39 Å². The Balaban J connectivity index is 1.41. The number of likely N-dealkylation sites (tertiary alicyclic amines) is 1. The Morgan fingerprint density at radius 2 is 1.76 bits per heavy atom. The van der Waals surface area contributed by atoms with Crippen LogP contribution in [0.4, 0.5) is 17.6 Å². The van der Waals surface area contributed by atoms with Gasteiger partial charge in [0.05, 0.1) is 11.3 Å². The summed E-state index contributed by atoms with van der Waals surface area (Å²) in [7, 11) is 0. The molecule has 2 aliphatic rings. The molecule has 1 spiro atoms. The van der Waals surface area contributed by atoms with E-state index >= 15 is 0 Å². The van der Waals surface area contributed by atoms with E-state index in [0.29, 0.717) is 49.2 Å². The van der Waals surface area contributed by atoms with E-state index in [1.165, 1.54) is 30.3 Å². The van der Waals surface area contributed by atoms with Crippen molar-refractivity contribution >= 4 is 11.6 Å². The highest BCUT2D eigenvalue weighted by atomic mass is 19.4. The summed E-state index contributed by atoms with van der Waals surface area (Å²) in [5.41, 5.74) is -0.0479. The average molecular weight is 406 g/mol. The van der Waals surface area contributed by atoms with E-state index in [4.69, 9.17) is 4.84 Å². The first-order valence-electron chi connectivity index (χ1n) is 9.23. The normalized spacial score (nSPS) is 18.5. The fourth-order valence-corrected chi connectivity index (χ4v) is 3.71. The number of piperidine rings is 1. The lowest BCUT2D eigenvalue weighted by Crippen LogP contribution is -2.46. The van der Waals surface area contributed by atoms with Gasteiger partial charge in [-0.05, 0) is 36.4 Å². The molecule has 0 saturated carbocycles. The highest BCUT2D eigenvalue weighted by molar-refractivity contribution is 6.02. The van der Waals surface area contributed by atoms with Crippen LogP contribution in [0.5, 0.6) is 0 Å². The van der Waals surface area contributed by atoms with Gasteiger partial charge >= 0.3 is 6.18 Å². The van der Waals surface area contributed by atoms with E-state index in [-0.39, 0.29) is 5.91 Å². The molecule has 4 nitrogen and oxygen atoms in total. The van der Waals surface area contributed by atoms with Crippen LogP contribution < -0.4 is 0 Å². The summed E-state index contributed by atoms with van der Waals surface area (Å²) < 4.78 is 51.9. The number of nitrogens with zero attached hydrogens (tertiary/aromatic N) is 2. The Kier molecular flexibility index (Phi) is 4.80. The topological polar surface area (TPSA) is 41.9 Å². The molecule has 0 aliphatic carbocycles. The number of alkyl halides is 3. The lowest BCUT2D eigenvalue weighted by molar-refractivity contribution is -0.137. The molecule has 4 rings (SSSR count). The lowest BCUT2D eigenvalue weighted by Gasteiger charge is -2.37. The van der Waals surface area contributed by atoms with E-state index in [1.54, 1.807) is 11.0 Å². The Morgan fingerprint density at radius 1 is 1.07 bits per heavy atom. The molecule has 1 fully saturated rings. The molecule has 8 heteroatoms. The Hall–Kier alpha value is -2.90. The lowest BCUT2D eigenvalue weighted by atomic mass is 9.85. The van der Waals surface area contributed by atoms with Gasteiger partial charge in [-0.3, -0.25) is 4.79 Å². The number of amides is 1. The maximum Gasteiger partial charge on any atom is 0.416 e. The number of hydrogen-bond donors (Lipinski definition) is 0. The van der Waals surface area contributed by atoms with Gasteiger partial charge in [0, 0.05) is 43.5 Å². The fraction of sp³-hybridized carbons (Fsp3) is 0.333. The molecule has 2 aromatic rings. The Bertz CT molecular complexity index is 946. The number of carbonyl (C=O) groups is 1. The summed E-state index contributed by atoms with van der Waals surface area (Å²) in [5.74, 6) is -0.588. The van der Waals surface area contributed by atoms with Gasteiger partial charge in [0.1, 0.15) is 11.4 Å². The summed E-state index contributed by atoms with van der Waals surface area (Å²) in [4.78, 5) is 19.9. The first-order valence-corrected chi connectivity index (χ1v) is 9.23. The minimum absolute atomic E-state index is 0.183. The molecule has 0 N–H and O–H groups in total. The van der Waals surface area contributed by atoms with Crippen LogP contribution >= 0.6 is 0 Å². The number of benzene rings is 2. The number of hydrogen-bond acceptors (Lipinski definition) is 3. The molecule has 152 valence electrons. The maximum atomic E-state index is 13.0. The third-order valence-corrected chi connectivity index (χ3v) is 5.42. The smallest absolute Gasteiger partial charge is 0.388 e. The monoisotopic (exact) mass is 406 g/mol. The molecule has 2 aromatic carbocycles. The van der Waals surface area contributed by atoms with Crippen molar-refractivity contribution in [3.05, 3.63) is 71.0 Å². The molecule has 0 unspecified atom stereocenters. The predicted molar refractivity (Wildman–Crippen MR) is 98.0 cm³/mol. The van der Waals surface area contributed by atoms with Gasteiger partial charge in [-0.15, -0.1) is 0 Å². The molecule has 1 saturated heterocycles. The number of rotatable bonds is 2. The summed E-state index contributed by atoms with van der Waals surface area (Å²) in [6, 6.07) is 10.4. The van der Waals surface area contributed by atoms with Crippen LogP contribution in [-0.4, -0.2) is 35.2 Å². The molecule has 2 heterocycles. The minimum atomic E-state index is -4.42. The first-order chi connectivity index (χ1) is 13.8. The quantitative estimate of drug-likeness (QED) is 0.682. The van der Waals surface area contributed by atoms with Crippen molar-refractivity contribution in [1.29, 1.82) is 0 Å². The molecule has 0 bridgehead atoms. The molecule has 2 aliphatic heterocycles. The minimum Gasteiger partial charge on any atom is -0.388 e. The SMILES string of the molecule is O=C(c1ccc(F)cc1)N1CCC2(CC1)CC(c1cccc(C(F)(F)F)c1)=NO2. The van der Waals surface area contributed by atoms with Crippen LogP contribution in [0.2, 0.25) is 0 Å². The molecule has 0 atom stereocenters. The predicted octanol–water partition coefficient (Wildman–Crippen LogP) is 4.64. The van der Waals surface area contributed by atoms with Crippen molar-refractivity contribution in [2.75, 3.05) is 13.1 Å². The molecular formula is C21H18F4N2O2. The first kappa shape index (κ1) is 19.4. The van der Waals surface area contributed by atoms with Gasteiger partial charge in [-0.2, -0.15) is 13.2 Å². The van der Waals surface area contributed by atoms with Gasteiger partial charge in [0.15, 0.2) is 0 Å². The van der Waals surface area contributed by atoms with Crippen LogP contribution in [0.1, 0.15) is 40.7 Å². The van der Waals surface area contributed by atoms with Crippen LogP contribution in [0.15, 0.2) is 53.7 Å². The summed E-state index contributed by atoms with van der Waals surface area (Å²) in [6.45, 7) is 0.864. The zero-order valence-corrected chi connectivity index (χ0v) is 15.4. The van der Waals surface area contributed by atoms with Gasteiger partial charge < -0.3 is 9.74 Å². The Labute approximate surface area is 164 Å². The highest BCUT2D eigenvalue weighted by Crippen LogP contribution is 2.37. The van der Waals surface area contributed by atoms with Crippen LogP contribution in [0.3, 0.4) is 0 Å². The zero-order chi connectivity index (χ0) is 20.6. The van der Waals surface area contributed by atoms with Crippen LogP contribution in [0, 0.1) is 5.82 Å². The zero-order valence-electron chi connectivity index (χ0n) is 15.4. The molecule has 29 heavy (non-hydrogen) atoms. The number of oxime groups is 1. The Morgan fingerprint density at radius 3 is 2.41 bits per heavy atom. The average Bonchev–Trinajstić information content (AvgIpc) is 3.12. The van der Waals surface area contributed by atoms with Gasteiger partial charge in [-0.1, -0.05) is 17.3 Å². The molecule has 0 radical (unpaired) electrons. The second-order valence-corrected chi connectivity index (χ2v) is 7.37. The summed E-state index contributed by atoms with van der Waals surface area (Å²) in [5, 5.41) is 4.05. The van der Waals surface area contributed by atoms with Crippen molar-refractivity contribution in [2.45, 2.75) is 31.0 Å². The van der Waals surface area contributed by atoms with Crippen LogP contribution in [-0.2, 0) is 11.0 Å². The van der Waals surface area contributed by atoms with Crippen molar-refractivity contribution in [2.24, 2.45) is 5.16 Å². The van der Waals surface area contributed by atoms with Crippen molar-refractivity contribution < 1.29 is 27.2 Å². The summed E-state index contributed by atoms with van der Waals surface area (Å²) in [6.07, 6.45) is -2.98. The van der Waals surface area contributed by atoms with Gasteiger partial charge in [0.2, 0.25) is 0 Å². The molecular weight excluding hydrogens is 388 g/mol. The number of carbonyl (C=O) groups excluding carboxylic acids is 1. The number of halogens is 4. The van der Waals surface area contributed by atoms with Crippen molar-refractivity contribution in [1.82, 2.24) is 4.90 Å². The second-order valence-electron chi connectivity index (χ2n) is 7.37. The largest absolute Gasteiger partial charge is 0.416 e. The fourth-order valence-electron chi connectivity index (χ4n) is 3.71. The maximum absolute atomic E-state index is 13.0. The van der Waals surface area contributed by atoms with E-state index in [1.807, 2.05) is 0 Å². The van der Waals surface area contributed by atoms with E-state index < -0.39 is 23.2 Å². The third kappa shape index (κ3) is 3.97. The highest BCUT2D eigenvalue weighted by Gasteiger charge is 2.43. The second kappa shape index (κ2) is 7.17. The van der Waals surface area contributed by atoms with E-state index in [0.717, 1.165) is 12.1 Å². The standard InChI is InChI=1S/C21H18F4N2O2/c22-17-6-4-14(5-7-17)19(28)27-10-8-20(9-11-27)13-18(26-29-20)15-2-1-3-16(12-15)21(23,24)25/h1-7,12H,8-11,13H2. The molecule has 0 aromatic heterocycles.